The number of aromatic nitrogens is 4. The number of nitrogens with zero attached hydrogens (tertiary/aromatic N) is 4. The van der Waals surface area contributed by atoms with Crippen molar-refractivity contribution in [2.75, 3.05) is 0 Å². The van der Waals surface area contributed by atoms with E-state index in [0.717, 1.165) is 39.3 Å². The van der Waals surface area contributed by atoms with Crippen LogP contribution >= 0.6 is 0 Å². The second kappa shape index (κ2) is 6.50. The molecule has 0 fully saturated rings. The lowest BCUT2D eigenvalue weighted by molar-refractivity contribution is 1.19. The molecule has 0 radical (unpaired) electrons. The quantitative estimate of drug-likeness (QED) is 0.454. The molecule has 5 rings (SSSR count). The third-order valence-electron chi connectivity index (χ3n) is 4.63. The highest BCUT2D eigenvalue weighted by molar-refractivity contribution is 5.72. The van der Waals surface area contributed by atoms with Gasteiger partial charge in [-0.2, -0.15) is 0 Å². The number of imidazole rings is 1. The molecule has 128 valence electrons. The van der Waals surface area contributed by atoms with Gasteiger partial charge in [-0.15, -0.1) is 0 Å². The van der Waals surface area contributed by atoms with E-state index in [1.165, 1.54) is 0 Å². The van der Waals surface area contributed by atoms with Crippen LogP contribution in [0.15, 0.2) is 97.7 Å². The number of fused-ring (bicyclic) bond motifs is 1. The van der Waals surface area contributed by atoms with Crippen LogP contribution in [0.2, 0.25) is 0 Å². The van der Waals surface area contributed by atoms with Gasteiger partial charge < -0.3 is 0 Å². The molecule has 4 heterocycles. The van der Waals surface area contributed by atoms with Gasteiger partial charge in [0.25, 0.3) is 0 Å². The summed E-state index contributed by atoms with van der Waals surface area (Å²) in [5, 5.41) is 0. The Kier molecular flexibility index (Phi) is 3.72. The Hall–Kier alpha value is -3.79. The summed E-state index contributed by atoms with van der Waals surface area (Å²) in [6.07, 6.45) is 9.46. The van der Waals surface area contributed by atoms with Gasteiger partial charge in [0.05, 0.1) is 17.6 Å². The Morgan fingerprint density at radius 1 is 0.630 bits per heavy atom. The Morgan fingerprint density at radius 3 is 2.37 bits per heavy atom. The van der Waals surface area contributed by atoms with Gasteiger partial charge >= 0.3 is 0 Å². The Balaban J connectivity index is 1.58. The van der Waals surface area contributed by atoms with Gasteiger partial charge in [-0.05, 0) is 35.9 Å². The van der Waals surface area contributed by atoms with Crippen LogP contribution in [0.5, 0.6) is 0 Å². The minimum Gasteiger partial charge on any atom is -0.300 e. The Labute approximate surface area is 156 Å². The van der Waals surface area contributed by atoms with Crippen molar-refractivity contribution in [3.63, 3.8) is 0 Å². The van der Waals surface area contributed by atoms with Crippen molar-refractivity contribution in [3.05, 3.63) is 97.7 Å². The molecule has 0 N–H and O–H groups in total. The molecule has 0 aliphatic rings. The SMILES string of the molecule is c1ccc(-c2cc(-c3cnc4cc(-c5cccnc5)ccn34)ccn2)cc1. The lowest BCUT2D eigenvalue weighted by Crippen LogP contribution is -1.91. The van der Waals surface area contributed by atoms with Crippen LogP contribution in [0, 0.1) is 0 Å². The number of pyridine rings is 3. The van der Waals surface area contributed by atoms with Gasteiger partial charge in [0.1, 0.15) is 5.65 Å². The molecule has 0 unspecified atom stereocenters. The fourth-order valence-corrected chi connectivity index (χ4v) is 3.26. The summed E-state index contributed by atoms with van der Waals surface area (Å²) < 4.78 is 2.10. The van der Waals surface area contributed by atoms with Crippen molar-refractivity contribution in [3.8, 4) is 33.6 Å². The van der Waals surface area contributed by atoms with E-state index in [-0.39, 0.29) is 0 Å². The van der Waals surface area contributed by atoms with E-state index in [9.17, 15) is 0 Å². The van der Waals surface area contributed by atoms with Crippen LogP contribution in [-0.4, -0.2) is 19.4 Å². The zero-order chi connectivity index (χ0) is 18.1. The third-order valence-corrected chi connectivity index (χ3v) is 4.63. The molecule has 0 atom stereocenters. The van der Waals surface area contributed by atoms with E-state index in [2.05, 4.69) is 61.9 Å². The first-order chi connectivity index (χ1) is 13.4. The van der Waals surface area contributed by atoms with Crippen LogP contribution in [0.4, 0.5) is 0 Å². The minimum absolute atomic E-state index is 0.907. The molecule has 1 aromatic carbocycles. The predicted molar refractivity (Wildman–Crippen MR) is 107 cm³/mol. The second-order valence-corrected chi connectivity index (χ2v) is 6.32. The predicted octanol–water partition coefficient (Wildman–Crippen LogP) is 5.13. The molecule has 0 saturated carbocycles. The highest BCUT2D eigenvalue weighted by Gasteiger charge is 2.09. The van der Waals surface area contributed by atoms with Crippen molar-refractivity contribution in [1.29, 1.82) is 0 Å². The molecule has 0 bridgehead atoms. The summed E-state index contributed by atoms with van der Waals surface area (Å²) in [6.45, 7) is 0. The highest BCUT2D eigenvalue weighted by atomic mass is 15.0. The minimum atomic E-state index is 0.907. The molecule has 4 nitrogen and oxygen atoms in total. The van der Waals surface area contributed by atoms with Crippen LogP contribution in [0.1, 0.15) is 0 Å². The topological polar surface area (TPSA) is 43.1 Å². The van der Waals surface area contributed by atoms with E-state index < -0.39 is 0 Å². The molecule has 0 saturated heterocycles. The molecule has 4 heteroatoms. The summed E-state index contributed by atoms with van der Waals surface area (Å²) in [7, 11) is 0. The summed E-state index contributed by atoms with van der Waals surface area (Å²) >= 11 is 0. The molecular weight excluding hydrogens is 332 g/mol. The molecule has 5 aromatic rings. The molecule has 0 amide bonds. The van der Waals surface area contributed by atoms with Crippen LogP contribution < -0.4 is 0 Å². The second-order valence-electron chi connectivity index (χ2n) is 6.32. The largest absolute Gasteiger partial charge is 0.300 e. The number of hydrogen-bond acceptors (Lipinski definition) is 3. The standard InChI is InChI=1S/C23H16N4/c1-2-5-17(6-3-1)21-13-19(8-11-25-21)22-16-26-23-14-18(9-12-27(22)23)20-7-4-10-24-15-20/h1-16H. The lowest BCUT2D eigenvalue weighted by Gasteiger charge is -2.06. The van der Waals surface area contributed by atoms with Gasteiger partial charge in [0, 0.05) is 41.5 Å². The smallest absolute Gasteiger partial charge is 0.137 e. The average molecular weight is 348 g/mol. The molecule has 0 aliphatic heterocycles. The van der Waals surface area contributed by atoms with Gasteiger partial charge in [-0.3, -0.25) is 14.4 Å². The van der Waals surface area contributed by atoms with Gasteiger partial charge in [0.2, 0.25) is 0 Å². The van der Waals surface area contributed by atoms with E-state index in [0.29, 0.717) is 0 Å². The van der Waals surface area contributed by atoms with Crippen molar-refractivity contribution < 1.29 is 0 Å². The average Bonchev–Trinajstić information content (AvgIpc) is 3.18. The first-order valence-corrected chi connectivity index (χ1v) is 8.78. The van der Waals surface area contributed by atoms with Crippen LogP contribution in [0.3, 0.4) is 0 Å². The summed E-state index contributed by atoms with van der Waals surface area (Å²) in [4.78, 5) is 13.3. The van der Waals surface area contributed by atoms with E-state index in [1.54, 1.807) is 6.20 Å². The first-order valence-electron chi connectivity index (χ1n) is 8.78. The van der Waals surface area contributed by atoms with Gasteiger partial charge in [0.15, 0.2) is 0 Å². The number of rotatable bonds is 3. The molecule has 4 aromatic heterocycles. The van der Waals surface area contributed by atoms with E-state index >= 15 is 0 Å². The number of hydrogen-bond donors (Lipinski definition) is 0. The van der Waals surface area contributed by atoms with E-state index in [1.807, 2.05) is 48.9 Å². The van der Waals surface area contributed by atoms with Crippen LogP contribution in [0.25, 0.3) is 39.3 Å². The molecule has 27 heavy (non-hydrogen) atoms. The zero-order valence-electron chi connectivity index (χ0n) is 14.5. The van der Waals surface area contributed by atoms with Crippen LogP contribution in [-0.2, 0) is 0 Å². The van der Waals surface area contributed by atoms with Gasteiger partial charge in [-0.1, -0.05) is 36.4 Å². The van der Waals surface area contributed by atoms with Gasteiger partial charge in [-0.25, -0.2) is 4.98 Å². The fraction of sp³-hybridized carbons (Fsp3) is 0. The maximum Gasteiger partial charge on any atom is 0.137 e. The summed E-state index contributed by atoms with van der Waals surface area (Å²) in [6, 6.07) is 22.5. The molecular formula is C23H16N4. The van der Waals surface area contributed by atoms with Crippen molar-refractivity contribution in [1.82, 2.24) is 19.4 Å². The number of benzene rings is 1. The lowest BCUT2D eigenvalue weighted by atomic mass is 10.1. The zero-order valence-corrected chi connectivity index (χ0v) is 14.5. The highest BCUT2D eigenvalue weighted by Crippen LogP contribution is 2.27. The summed E-state index contributed by atoms with van der Waals surface area (Å²) in [5.41, 5.74) is 7.28. The normalized spacial score (nSPS) is 11.0. The molecule has 0 spiro atoms. The fourth-order valence-electron chi connectivity index (χ4n) is 3.26. The van der Waals surface area contributed by atoms with Crippen molar-refractivity contribution >= 4 is 5.65 Å². The Bertz CT molecular complexity index is 1210. The third kappa shape index (κ3) is 2.87. The maximum absolute atomic E-state index is 4.61. The van der Waals surface area contributed by atoms with Crippen molar-refractivity contribution in [2.45, 2.75) is 0 Å². The van der Waals surface area contributed by atoms with E-state index in [4.69, 9.17) is 0 Å². The molecule has 0 aliphatic carbocycles. The van der Waals surface area contributed by atoms with Crippen molar-refractivity contribution in [2.24, 2.45) is 0 Å². The monoisotopic (exact) mass is 348 g/mol. The summed E-state index contributed by atoms with van der Waals surface area (Å²) in [5.74, 6) is 0. The maximum atomic E-state index is 4.61. The first kappa shape index (κ1) is 15.5. The Morgan fingerprint density at radius 2 is 1.52 bits per heavy atom.